The third kappa shape index (κ3) is 4.97. The number of halogens is 2. The van der Waals surface area contributed by atoms with Crippen LogP contribution in [0.4, 0.5) is 8.78 Å². The van der Waals surface area contributed by atoms with Crippen molar-refractivity contribution >= 4 is 0 Å². The zero-order valence-corrected chi connectivity index (χ0v) is 16.3. The maximum absolute atomic E-state index is 13.7. The molecule has 0 aromatic carbocycles. The van der Waals surface area contributed by atoms with Gasteiger partial charge in [-0.25, -0.2) is 8.78 Å². The van der Waals surface area contributed by atoms with Crippen LogP contribution < -0.4 is 0 Å². The molecule has 26 heavy (non-hydrogen) atoms. The first-order valence-electron chi connectivity index (χ1n) is 11.0. The predicted molar refractivity (Wildman–Crippen MR) is 103 cm³/mol. The third-order valence-corrected chi connectivity index (χ3v) is 7.25. The fourth-order valence-corrected chi connectivity index (χ4v) is 5.47. The Balaban J connectivity index is 1.42. The van der Waals surface area contributed by atoms with Crippen LogP contribution in [0.15, 0.2) is 23.8 Å². The zero-order valence-electron chi connectivity index (χ0n) is 16.3. The number of allylic oxidation sites excluding steroid dienone is 2. The minimum absolute atomic E-state index is 0.335. The van der Waals surface area contributed by atoms with E-state index < -0.39 is 12.0 Å². The van der Waals surface area contributed by atoms with Crippen molar-refractivity contribution < 1.29 is 13.9 Å². The molecule has 1 nitrogen and oxygen atoms in total. The van der Waals surface area contributed by atoms with Crippen LogP contribution in [0.5, 0.6) is 0 Å². The summed E-state index contributed by atoms with van der Waals surface area (Å²) in [6.45, 7) is 2.28. The van der Waals surface area contributed by atoms with Gasteiger partial charge >= 0.3 is 0 Å². The predicted octanol–water partition coefficient (Wildman–Crippen LogP) is 6.67. The topological polar surface area (TPSA) is 20.2 Å². The maximum atomic E-state index is 13.7. The number of hydrogen-bond acceptors (Lipinski definition) is 1. The van der Waals surface area contributed by atoms with Crippen molar-refractivity contribution in [2.24, 2.45) is 23.7 Å². The van der Waals surface area contributed by atoms with Crippen molar-refractivity contribution in [3.8, 4) is 0 Å². The van der Waals surface area contributed by atoms with Gasteiger partial charge in [-0.05, 0) is 79.9 Å². The van der Waals surface area contributed by atoms with Gasteiger partial charge in [0.25, 0.3) is 5.85 Å². The lowest BCUT2D eigenvalue weighted by Crippen LogP contribution is -2.34. The SMILES string of the molecule is CCCCCC1CCC(C2CCC(C3=CC(F)C(O)(F)C=C3)CC2)CC1. The smallest absolute Gasteiger partial charge is 0.261 e. The fourth-order valence-electron chi connectivity index (χ4n) is 5.47. The normalized spacial score (nSPS) is 41.1. The lowest BCUT2D eigenvalue weighted by Gasteiger charge is -2.38. The molecule has 0 bridgehead atoms. The fraction of sp³-hybridized carbons (Fsp3) is 0.826. The summed E-state index contributed by atoms with van der Waals surface area (Å²) in [6, 6.07) is 0. The highest BCUT2D eigenvalue weighted by Gasteiger charge is 2.38. The molecular weight excluding hydrogens is 330 g/mol. The van der Waals surface area contributed by atoms with Crippen molar-refractivity contribution in [2.75, 3.05) is 0 Å². The minimum Gasteiger partial charge on any atom is -0.356 e. The molecule has 0 saturated heterocycles. The average Bonchev–Trinajstić information content (AvgIpc) is 2.65. The lowest BCUT2D eigenvalue weighted by molar-refractivity contribution is -0.0872. The third-order valence-electron chi connectivity index (χ3n) is 7.25. The monoisotopic (exact) mass is 366 g/mol. The first kappa shape index (κ1) is 20.0. The largest absolute Gasteiger partial charge is 0.356 e. The van der Waals surface area contributed by atoms with Crippen molar-refractivity contribution in [3.63, 3.8) is 0 Å². The van der Waals surface area contributed by atoms with E-state index in [9.17, 15) is 13.9 Å². The Kier molecular flexibility index (Phi) is 6.93. The van der Waals surface area contributed by atoms with Crippen LogP contribution in [-0.4, -0.2) is 17.1 Å². The Bertz CT molecular complexity index is 494. The number of unbranched alkanes of at least 4 members (excludes halogenated alkanes) is 2. The molecule has 0 spiro atoms. The van der Waals surface area contributed by atoms with E-state index in [1.165, 1.54) is 70.3 Å². The Labute approximate surface area is 157 Å². The highest BCUT2D eigenvalue weighted by atomic mass is 19.2. The molecule has 2 saturated carbocycles. The van der Waals surface area contributed by atoms with Gasteiger partial charge in [0.1, 0.15) is 0 Å². The molecule has 0 amide bonds. The highest BCUT2D eigenvalue weighted by Crippen LogP contribution is 2.44. The van der Waals surface area contributed by atoms with Crippen LogP contribution in [-0.2, 0) is 0 Å². The number of alkyl halides is 2. The van der Waals surface area contributed by atoms with E-state index in [0.717, 1.165) is 42.2 Å². The van der Waals surface area contributed by atoms with Crippen molar-refractivity contribution in [2.45, 2.75) is 96.0 Å². The highest BCUT2D eigenvalue weighted by molar-refractivity contribution is 5.31. The molecule has 2 unspecified atom stereocenters. The molecule has 2 fully saturated rings. The molecule has 0 heterocycles. The molecule has 1 N–H and O–H groups in total. The molecule has 3 rings (SSSR count). The van der Waals surface area contributed by atoms with Crippen LogP contribution >= 0.6 is 0 Å². The summed E-state index contributed by atoms with van der Waals surface area (Å²) in [4.78, 5) is 0. The number of aliphatic hydroxyl groups is 1. The standard InChI is InChI=1S/C23H36F2O/c1-2-3-4-5-17-6-8-18(9-7-17)19-10-12-20(13-11-19)21-14-15-23(25,26)22(24)16-21/h14-20,22,26H,2-13H2,1H3. The molecule has 0 aliphatic heterocycles. The van der Waals surface area contributed by atoms with E-state index in [2.05, 4.69) is 6.92 Å². The summed E-state index contributed by atoms with van der Waals surface area (Å²) >= 11 is 0. The summed E-state index contributed by atoms with van der Waals surface area (Å²) in [7, 11) is 0. The molecule has 2 atom stereocenters. The second kappa shape index (κ2) is 8.99. The lowest BCUT2D eigenvalue weighted by atomic mass is 9.67. The van der Waals surface area contributed by atoms with Gasteiger partial charge in [0, 0.05) is 0 Å². The van der Waals surface area contributed by atoms with Crippen molar-refractivity contribution in [3.05, 3.63) is 23.8 Å². The number of hydrogen-bond donors (Lipinski definition) is 1. The summed E-state index contributed by atoms with van der Waals surface area (Å²) in [5.41, 5.74) is 0.887. The molecular formula is C23H36F2O. The minimum atomic E-state index is -2.82. The summed E-state index contributed by atoms with van der Waals surface area (Å²) in [6.07, 6.45) is 17.7. The Morgan fingerprint density at radius 2 is 1.62 bits per heavy atom. The zero-order chi connectivity index (χ0) is 18.6. The van der Waals surface area contributed by atoms with E-state index in [-0.39, 0.29) is 0 Å². The van der Waals surface area contributed by atoms with Crippen molar-refractivity contribution in [1.29, 1.82) is 0 Å². The van der Waals surface area contributed by atoms with Gasteiger partial charge in [0.05, 0.1) is 0 Å². The Morgan fingerprint density at radius 3 is 2.19 bits per heavy atom. The van der Waals surface area contributed by atoms with Gasteiger partial charge in [0.15, 0.2) is 6.17 Å². The molecule has 0 aromatic heterocycles. The van der Waals surface area contributed by atoms with Gasteiger partial charge in [-0.2, -0.15) is 0 Å². The van der Waals surface area contributed by atoms with E-state index in [0.29, 0.717) is 5.92 Å². The van der Waals surface area contributed by atoms with Gasteiger partial charge in [-0.3, -0.25) is 0 Å². The van der Waals surface area contributed by atoms with Crippen molar-refractivity contribution in [1.82, 2.24) is 0 Å². The summed E-state index contributed by atoms with van der Waals surface area (Å²) in [5.74, 6) is 0.195. The summed E-state index contributed by atoms with van der Waals surface area (Å²) in [5, 5.41) is 9.29. The molecule has 3 aliphatic rings. The van der Waals surface area contributed by atoms with Crippen LogP contribution in [0.1, 0.15) is 84.0 Å². The van der Waals surface area contributed by atoms with E-state index in [4.69, 9.17) is 0 Å². The number of rotatable bonds is 6. The average molecular weight is 367 g/mol. The molecule has 0 aromatic rings. The quantitative estimate of drug-likeness (QED) is 0.520. The second-order valence-electron chi connectivity index (χ2n) is 9.02. The first-order valence-corrected chi connectivity index (χ1v) is 11.0. The van der Waals surface area contributed by atoms with Gasteiger partial charge in [-0.15, -0.1) is 0 Å². The molecule has 0 radical (unpaired) electrons. The molecule has 148 valence electrons. The Morgan fingerprint density at radius 1 is 1.00 bits per heavy atom. The van der Waals surface area contributed by atoms with Crippen LogP contribution in [0.25, 0.3) is 0 Å². The van der Waals surface area contributed by atoms with E-state index in [1.807, 2.05) is 0 Å². The van der Waals surface area contributed by atoms with Crippen LogP contribution in [0, 0.1) is 23.7 Å². The van der Waals surface area contributed by atoms with Gasteiger partial charge in [-0.1, -0.05) is 51.5 Å². The van der Waals surface area contributed by atoms with Gasteiger partial charge < -0.3 is 5.11 Å². The molecule has 3 aliphatic carbocycles. The van der Waals surface area contributed by atoms with E-state index >= 15 is 0 Å². The molecule has 3 heteroatoms. The maximum Gasteiger partial charge on any atom is 0.261 e. The van der Waals surface area contributed by atoms with Gasteiger partial charge in [0.2, 0.25) is 0 Å². The van der Waals surface area contributed by atoms with Crippen LogP contribution in [0.2, 0.25) is 0 Å². The Hall–Kier alpha value is -0.700. The summed E-state index contributed by atoms with van der Waals surface area (Å²) < 4.78 is 27.2. The van der Waals surface area contributed by atoms with E-state index in [1.54, 1.807) is 6.08 Å². The second-order valence-corrected chi connectivity index (χ2v) is 9.02. The van der Waals surface area contributed by atoms with Crippen LogP contribution in [0.3, 0.4) is 0 Å². The first-order chi connectivity index (χ1) is 12.5.